The fourth-order valence-electron chi connectivity index (χ4n) is 1.18. The van der Waals surface area contributed by atoms with Crippen LogP contribution in [-0.4, -0.2) is 19.4 Å². The quantitative estimate of drug-likeness (QED) is 0.491. The maximum absolute atomic E-state index is 11.2. The highest BCUT2D eigenvalue weighted by atomic mass is 31.2. The lowest BCUT2D eigenvalue weighted by molar-refractivity contribution is 0.255. The lowest BCUT2D eigenvalue weighted by atomic mass is 9.99. The smallest absolute Gasteiger partial charge is 0.200 e. The molecule has 2 nitrogen and oxygen atoms in total. The maximum Gasteiger partial charge on any atom is 0.200 e. The van der Waals surface area contributed by atoms with E-state index in [1.807, 2.05) is 0 Å². The Labute approximate surface area is 56.0 Å². The zero-order chi connectivity index (χ0) is 7.12. The summed E-state index contributed by atoms with van der Waals surface area (Å²) < 4.78 is 16.3. The summed E-state index contributed by atoms with van der Waals surface area (Å²) in [5.41, 5.74) is 0.143. The highest BCUT2D eigenvalue weighted by Gasteiger charge is 2.36. The van der Waals surface area contributed by atoms with Crippen molar-refractivity contribution >= 4 is 7.37 Å². The van der Waals surface area contributed by atoms with E-state index >= 15 is 0 Å². The van der Waals surface area contributed by atoms with E-state index in [9.17, 15) is 4.57 Å². The SMILES string of the molecule is CC1(C)COP(C)(=O)C1. The van der Waals surface area contributed by atoms with E-state index in [-0.39, 0.29) is 5.41 Å². The van der Waals surface area contributed by atoms with Gasteiger partial charge in [0.25, 0.3) is 0 Å². The van der Waals surface area contributed by atoms with Gasteiger partial charge in [-0.1, -0.05) is 13.8 Å². The highest BCUT2D eigenvalue weighted by molar-refractivity contribution is 7.58. The molecule has 1 atom stereocenters. The van der Waals surface area contributed by atoms with Crippen LogP contribution in [0.3, 0.4) is 0 Å². The van der Waals surface area contributed by atoms with E-state index in [0.717, 1.165) is 6.16 Å². The first-order valence-electron chi connectivity index (χ1n) is 3.12. The van der Waals surface area contributed by atoms with Crippen LogP contribution in [0.15, 0.2) is 0 Å². The van der Waals surface area contributed by atoms with E-state index in [4.69, 9.17) is 4.52 Å². The molecule has 0 spiro atoms. The van der Waals surface area contributed by atoms with Crippen molar-refractivity contribution < 1.29 is 9.09 Å². The molecule has 1 saturated heterocycles. The van der Waals surface area contributed by atoms with Crippen molar-refractivity contribution in [3.63, 3.8) is 0 Å². The van der Waals surface area contributed by atoms with Gasteiger partial charge in [-0.2, -0.15) is 0 Å². The molecule has 54 valence electrons. The Morgan fingerprint density at radius 2 is 2.11 bits per heavy atom. The van der Waals surface area contributed by atoms with Crippen LogP contribution in [0.5, 0.6) is 0 Å². The third-order valence-electron chi connectivity index (χ3n) is 1.44. The van der Waals surface area contributed by atoms with E-state index in [1.54, 1.807) is 6.66 Å². The van der Waals surface area contributed by atoms with Crippen LogP contribution < -0.4 is 0 Å². The second kappa shape index (κ2) is 1.83. The summed E-state index contributed by atoms with van der Waals surface area (Å²) in [6.07, 6.45) is 0.736. The van der Waals surface area contributed by atoms with Crippen molar-refractivity contribution in [2.45, 2.75) is 13.8 Å². The van der Waals surface area contributed by atoms with Gasteiger partial charge in [0.1, 0.15) is 0 Å². The lowest BCUT2D eigenvalue weighted by Crippen LogP contribution is -2.13. The van der Waals surface area contributed by atoms with Crippen LogP contribution in [0, 0.1) is 5.41 Å². The molecule has 0 amide bonds. The second-order valence-electron chi connectivity index (χ2n) is 3.61. The maximum atomic E-state index is 11.2. The molecule has 1 aliphatic heterocycles. The zero-order valence-electron chi connectivity index (χ0n) is 6.18. The summed E-state index contributed by atoms with van der Waals surface area (Å²) in [6.45, 7) is 6.52. The van der Waals surface area contributed by atoms with Crippen LogP contribution in [0.25, 0.3) is 0 Å². The number of rotatable bonds is 0. The van der Waals surface area contributed by atoms with Crippen LogP contribution >= 0.6 is 7.37 Å². The summed E-state index contributed by atoms with van der Waals surface area (Å²) in [5, 5.41) is 0. The standard InChI is InChI=1S/C6H13O2P/c1-6(2)4-8-9(3,7)5-6/h4-5H2,1-3H3. The first-order chi connectivity index (χ1) is 3.91. The molecule has 3 heteroatoms. The Kier molecular flexibility index (Phi) is 1.49. The van der Waals surface area contributed by atoms with Crippen LogP contribution in [0.4, 0.5) is 0 Å². The fourth-order valence-corrected chi connectivity index (χ4v) is 3.54. The Balaban J connectivity index is 2.69. The summed E-state index contributed by atoms with van der Waals surface area (Å²) in [4.78, 5) is 0. The summed E-state index contributed by atoms with van der Waals surface area (Å²) in [5.74, 6) is 0. The highest BCUT2D eigenvalue weighted by Crippen LogP contribution is 2.54. The van der Waals surface area contributed by atoms with Crippen molar-refractivity contribution in [1.82, 2.24) is 0 Å². The van der Waals surface area contributed by atoms with Gasteiger partial charge in [-0.15, -0.1) is 0 Å². The molecule has 0 aromatic rings. The van der Waals surface area contributed by atoms with Gasteiger partial charge in [0, 0.05) is 12.8 Å². The minimum atomic E-state index is -2.16. The van der Waals surface area contributed by atoms with Crippen LogP contribution in [0.1, 0.15) is 13.8 Å². The Bertz CT molecular complexity index is 162. The normalized spacial score (nSPS) is 41.2. The predicted octanol–water partition coefficient (Wildman–Crippen LogP) is 1.95. The van der Waals surface area contributed by atoms with Gasteiger partial charge in [-0.3, -0.25) is 4.57 Å². The predicted molar refractivity (Wildman–Crippen MR) is 38.1 cm³/mol. The monoisotopic (exact) mass is 148 g/mol. The van der Waals surface area contributed by atoms with Gasteiger partial charge in [0.15, 0.2) is 0 Å². The molecule has 0 radical (unpaired) electrons. The molecule has 0 saturated carbocycles. The van der Waals surface area contributed by atoms with E-state index in [0.29, 0.717) is 6.61 Å². The van der Waals surface area contributed by atoms with Crippen molar-refractivity contribution in [3.05, 3.63) is 0 Å². The molecule has 1 aliphatic rings. The number of hydrogen-bond donors (Lipinski definition) is 0. The molecule has 0 aromatic carbocycles. The van der Waals surface area contributed by atoms with E-state index < -0.39 is 7.37 Å². The average Bonchev–Trinajstić information content (AvgIpc) is 1.78. The van der Waals surface area contributed by atoms with E-state index in [1.165, 1.54) is 0 Å². The molecule has 1 unspecified atom stereocenters. The summed E-state index contributed by atoms with van der Waals surface area (Å²) in [6, 6.07) is 0. The Hall–Kier alpha value is 0.190. The van der Waals surface area contributed by atoms with Crippen molar-refractivity contribution in [1.29, 1.82) is 0 Å². The van der Waals surface area contributed by atoms with Gasteiger partial charge >= 0.3 is 0 Å². The largest absolute Gasteiger partial charge is 0.328 e. The van der Waals surface area contributed by atoms with Gasteiger partial charge in [0.05, 0.1) is 6.61 Å². The van der Waals surface area contributed by atoms with Crippen LogP contribution in [-0.2, 0) is 9.09 Å². The molecule has 0 N–H and O–H groups in total. The molecule has 1 fully saturated rings. The molecular weight excluding hydrogens is 135 g/mol. The molecule has 0 bridgehead atoms. The molecule has 9 heavy (non-hydrogen) atoms. The molecule has 1 rings (SSSR count). The second-order valence-corrected chi connectivity index (χ2v) is 6.21. The molecule has 0 aromatic heterocycles. The topological polar surface area (TPSA) is 26.3 Å². The van der Waals surface area contributed by atoms with Gasteiger partial charge < -0.3 is 4.52 Å². The first-order valence-corrected chi connectivity index (χ1v) is 5.38. The Morgan fingerprint density at radius 3 is 2.22 bits per heavy atom. The van der Waals surface area contributed by atoms with Gasteiger partial charge in [-0.25, -0.2) is 0 Å². The van der Waals surface area contributed by atoms with Crippen molar-refractivity contribution in [2.24, 2.45) is 5.41 Å². The molecule has 1 heterocycles. The van der Waals surface area contributed by atoms with E-state index in [2.05, 4.69) is 13.8 Å². The molecular formula is C6H13O2P. The summed E-state index contributed by atoms with van der Waals surface area (Å²) in [7, 11) is -2.16. The minimum Gasteiger partial charge on any atom is -0.328 e. The van der Waals surface area contributed by atoms with Crippen molar-refractivity contribution in [2.75, 3.05) is 19.4 Å². The van der Waals surface area contributed by atoms with Gasteiger partial charge in [-0.05, 0) is 5.41 Å². The molecule has 0 aliphatic carbocycles. The van der Waals surface area contributed by atoms with Crippen molar-refractivity contribution in [3.8, 4) is 0 Å². The lowest BCUT2D eigenvalue weighted by Gasteiger charge is -2.11. The van der Waals surface area contributed by atoms with Gasteiger partial charge in [0.2, 0.25) is 7.37 Å². The summed E-state index contributed by atoms with van der Waals surface area (Å²) >= 11 is 0. The third-order valence-corrected chi connectivity index (χ3v) is 3.55. The minimum absolute atomic E-state index is 0.143. The Morgan fingerprint density at radius 1 is 1.56 bits per heavy atom. The average molecular weight is 148 g/mol. The number of hydrogen-bond acceptors (Lipinski definition) is 2. The third kappa shape index (κ3) is 1.80. The fraction of sp³-hybridized carbons (Fsp3) is 1.00. The van der Waals surface area contributed by atoms with Crippen LogP contribution in [0.2, 0.25) is 0 Å². The zero-order valence-corrected chi connectivity index (χ0v) is 7.07. The first kappa shape index (κ1) is 7.30.